The summed E-state index contributed by atoms with van der Waals surface area (Å²) >= 11 is 0. The van der Waals surface area contributed by atoms with Crippen LogP contribution < -0.4 is 0 Å². The van der Waals surface area contributed by atoms with Crippen LogP contribution in [-0.4, -0.2) is 49.9 Å². The number of aliphatic hydroxyl groups excluding tert-OH is 1. The molecule has 2 unspecified atom stereocenters. The number of aliphatic hydroxyl groups is 2. The topological polar surface area (TPSA) is 141 Å². The van der Waals surface area contributed by atoms with Crippen LogP contribution in [0.3, 0.4) is 0 Å². The fourth-order valence-electron chi connectivity index (χ4n) is 2.98. The van der Waals surface area contributed by atoms with Gasteiger partial charge in [-0.3, -0.25) is 14.1 Å². The molecule has 4 N–H and O–H groups in total. The van der Waals surface area contributed by atoms with Crippen molar-refractivity contribution in [3.8, 4) is 0 Å². The Labute approximate surface area is 167 Å². The summed E-state index contributed by atoms with van der Waals surface area (Å²) in [7, 11) is -4.98. The van der Waals surface area contributed by atoms with Crippen LogP contribution in [0.4, 0.5) is 0 Å². The van der Waals surface area contributed by atoms with Gasteiger partial charge in [0.2, 0.25) is 0 Å². The summed E-state index contributed by atoms with van der Waals surface area (Å²) < 4.78 is 15.1. The predicted octanol–water partition coefficient (Wildman–Crippen LogP) is 2.90. The summed E-state index contributed by atoms with van der Waals surface area (Å²) in [5.74, 6) is -2.41. The Morgan fingerprint density at radius 1 is 0.964 bits per heavy atom. The van der Waals surface area contributed by atoms with E-state index in [4.69, 9.17) is 9.79 Å². The molecule has 0 amide bonds. The van der Waals surface area contributed by atoms with E-state index in [1.807, 2.05) is 0 Å². The third-order valence-corrected chi connectivity index (χ3v) is 5.15. The van der Waals surface area contributed by atoms with Crippen molar-refractivity contribution in [1.82, 2.24) is 0 Å². The number of hydrogen-bond donors (Lipinski definition) is 4. The van der Waals surface area contributed by atoms with E-state index in [9.17, 15) is 24.4 Å². The van der Waals surface area contributed by atoms with Crippen LogP contribution >= 0.6 is 7.82 Å². The number of unbranched alkanes of at least 4 members (excludes halogenated alkanes) is 8. The highest BCUT2D eigenvalue weighted by atomic mass is 31.2. The second-order valence-corrected chi connectivity index (χ2v) is 8.89. The summed E-state index contributed by atoms with van der Waals surface area (Å²) in [6, 6.07) is 0. The van der Waals surface area contributed by atoms with Crippen LogP contribution in [0.25, 0.3) is 0 Å². The van der Waals surface area contributed by atoms with Crippen LogP contribution in [0.5, 0.6) is 0 Å². The van der Waals surface area contributed by atoms with E-state index in [0.29, 0.717) is 6.42 Å². The molecule has 0 bridgehead atoms. The maximum Gasteiger partial charge on any atom is 0.469 e. The van der Waals surface area contributed by atoms with Gasteiger partial charge in [0, 0.05) is 12.3 Å². The number of Topliss-reactive ketones (excluding diaryl/α,β-unsaturated/α-hetero) is 2. The van der Waals surface area contributed by atoms with Gasteiger partial charge in [0.05, 0.1) is 6.61 Å². The van der Waals surface area contributed by atoms with Crippen LogP contribution in [0.2, 0.25) is 0 Å². The Kier molecular flexibility index (Phi) is 13.3. The monoisotopic (exact) mass is 424 g/mol. The van der Waals surface area contributed by atoms with E-state index in [1.54, 1.807) is 0 Å². The van der Waals surface area contributed by atoms with E-state index in [1.165, 1.54) is 39.5 Å². The zero-order valence-corrected chi connectivity index (χ0v) is 18.2. The van der Waals surface area contributed by atoms with Crippen molar-refractivity contribution in [3.63, 3.8) is 0 Å². The van der Waals surface area contributed by atoms with Gasteiger partial charge in [-0.25, -0.2) is 4.57 Å². The van der Waals surface area contributed by atoms with E-state index < -0.39 is 43.6 Å². The molecule has 0 saturated carbocycles. The maximum absolute atomic E-state index is 12.3. The molecule has 0 aliphatic carbocycles. The molecule has 9 heteroatoms. The van der Waals surface area contributed by atoms with Crippen molar-refractivity contribution in [2.75, 3.05) is 6.61 Å². The molecule has 0 radical (unpaired) electrons. The predicted molar refractivity (Wildman–Crippen MR) is 106 cm³/mol. The van der Waals surface area contributed by atoms with Gasteiger partial charge in [0.25, 0.3) is 0 Å². The number of hydrogen-bond acceptors (Lipinski definition) is 6. The second-order valence-electron chi connectivity index (χ2n) is 7.65. The highest BCUT2D eigenvalue weighted by Crippen LogP contribution is 2.38. The van der Waals surface area contributed by atoms with Gasteiger partial charge in [-0.2, -0.15) is 0 Å². The molecule has 0 rings (SSSR count). The number of rotatable bonds is 17. The average Bonchev–Trinajstić information content (AvgIpc) is 2.62. The van der Waals surface area contributed by atoms with Crippen molar-refractivity contribution < 1.29 is 38.7 Å². The number of carbonyl (C=O) groups excluding carboxylic acids is 2. The zero-order chi connectivity index (χ0) is 21.8. The summed E-state index contributed by atoms with van der Waals surface area (Å²) in [5.41, 5.74) is -2.69. The van der Waals surface area contributed by atoms with Gasteiger partial charge in [-0.1, -0.05) is 72.1 Å². The smallest absolute Gasteiger partial charge is 0.382 e. The fourth-order valence-corrected chi connectivity index (χ4v) is 3.35. The van der Waals surface area contributed by atoms with E-state index >= 15 is 0 Å². The van der Waals surface area contributed by atoms with Crippen molar-refractivity contribution in [1.29, 1.82) is 0 Å². The highest BCUT2D eigenvalue weighted by molar-refractivity contribution is 7.46. The Hall–Kier alpha value is -0.630. The van der Waals surface area contributed by atoms with Gasteiger partial charge in [0.15, 0.2) is 23.3 Å². The van der Waals surface area contributed by atoms with Crippen LogP contribution in [0.1, 0.15) is 85.0 Å². The molecule has 166 valence electrons. The quantitative estimate of drug-likeness (QED) is 0.206. The summed E-state index contributed by atoms with van der Waals surface area (Å²) in [5, 5.41) is 20.7. The minimum absolute atomic E-state index is 0.0272. The molecule has 28 heavy (non-hydrogen) atoms. The number of ketones is 2. The zero-order valence-electron chi connectivity index (χ0n) is 17.3. The van der Waals surface area contributed by atoms with E-state index in [-0.39, 0.29) is 6.42 Å². The number of carbonyl (C=O) groups is 2. The molecule has 0 spiro atoms. The lowest BCUT2D eigenvalue weighted by molar-refractivity contribution is -0.167. The molecular weight excluding hydrogens is 387 g/mol. The van der Waals surface area contributed by atoms with Gasteiger partial charge in [0.1, 0.15) is 0 Å². The van der Waals surface area contributed by atoms with E-state index in [0.717, 1.165) is 25.7 Å². The Morgan fingerprint density at radius 2 is 1.43 bits per heavy atom. The molecule has 0 fully saturated rings. The first kappa shape index (κ1) is 27.4. The van der Waals surface area contributed by atoms with E-state index in [2.05, 4.69) is 11.4 Å². The first-order valence-electron chi connectivity index (χ1n) is 10.1. The normalized spacial score (nSPS) is 15.4. The Balaban J connectivity index is 4.54. The van der Waals surface area contributed by atoms with Gasteiger partial charge in [-0.15, -0.1) is 0 Å². The SMILES string of the molecule is CCCCCCCCCCCC(=O)C(O)C(O)(COP(=O)(O)O)C(=O)C(C)C. The molecule has 0 aliphatic heterocycles. The lowest BCUT2D eigenvalue weighted by Gasteiger charge is -2.31. The van der Waals surface area contributed by atoms with Crippen molar-refractivity contribution >= 4 is 19.4 Å². The summed E-state index contributed by atoms with van der Waals surface area (Å²) in [6.45, 7) is 3.91. The Morgan fingerprint density at radius 3 is 1.86 bits per heavy atom. The van der Waals surface area contributed by atoms with Crippen LogP contribution in [0.15, 0.2) is 0 Å². The molecule has 0 aliphatic rings. The summed E-state index contributed by atoms with van der Waals surface area (Å²) in [4.78, 5) is 42.1. The van der Waals surface area contributed by atoms with Gasteiger partial charge >= 0.3 is 7.82 Å². The minimum atomic E-state index is -4.98. The fraction of sp³-hybridized carbons (Fsp3) is 0.895. The first-order chi connectivity index (χ1) is 13.0. The average molecular weight is 424 g/mol. The third-order valence-electron chi connectivity index (χ3n) is 4.69. The molecule has 8 nitrogen and oxygen atoms in total. The summed E-state index contributed by atoms with van der Waals surface area (Å²) in [6.07, 6.45) is 7.26. The molecule has 2 atom stereocenters. The van der Waals surface area contributed by atoms with Crippen LogP contribution in [-0.2, 0) is 18.7 Å². The Bertz CT molecular complexity index is 516. The first-order valence-corrected chi connectivity index (χ1v) is 11.7. The van der Waals surface area contributed by atoms with Crippen molar-refractivity contribution in [3.05, 3.63) is 0 Å². The molecule has 0 aromatic rings. The number of phosphoric ester groups is 1. The molecule has 0 aromatic carbocycles. The maximum atomic E-state index is 12.3. The van der Waals surface area contributed by atoms with Crippen molar-refractivity contribution in [2.45, 2.75) is 96.7 Å². The minimum Gasteiger partial charge on any atom is -0.382 e. The molecule has 0 aromatic heterocycles. The molecule has 0 saturated heterocycles. The van der Waals surface area contributed by atoms with Crippen LogP contribution in [0, 0.1) is 5.92 Å². The van der Waals surface area contributed by atoms with Gasteiger partial charge < -0.3 is 20.0 Å². The molecular formula is C19H37O8P. The molecule has 0 heterocycles. The largest absolute Gasteiger partial charge is 0.469 e. The standard InChI is InChI=1S/C19H37O8P/c1-4-5-6-7-8-9-10-11-12-13-16(20)18(22)19(23,17(21)15(2)3)14-27-28(24,25)26/h15,18,22-23H,4-14H2,1-3H3,(H2,24,25,26). The highest BCUT2D eigenvalue weighted by Gasteiger charge is 2.48. The second kappa shape index (κ2) is 13.6. The lowest BCUT2D eigenvalue weighted by atomic mass is 9.83. The number of phosphoric acid groups is 1. The lowest BCUT2D eigenvalue weighted by Crippen LogP contribution is -2.57. The third kappa shape index (κ3) is 10.8. The van der Waals surface area contributed by atoms with Gasteiger partial charge in [-0.05, 0) is 6.42 Å². The van der Waals surface area contributed by atoms with Crippen molar-refractivity contribution in [2.24, 2.45) is 5.92 Å².